The molecular formula is C16H23FN2O. The minimum absolute atomic E-state index is 0.00401. The van der Waals surface area contributed by atoms with Crippen LogP contribution >= 0.6 is 0 Å². The van der Waals surface area contributed by atoms with E-state index in [2.05, 4.69) is 4.98 Å². The van der Waals surface area contributed by atoms with Crippen molar-refractivity contribution in [1.82, 2.24) is 4.98 Å². The lowest BCUT2D eigenvalue weighted by molar-refractivity contribution is -0.120. The van der Waals surface area contributed by atoms with Gasteiger partial charge in [-0.1, -0.05) is 19.3 Å². The van der Waals surface area contributed by atoms with Gasteiger partial charge < -0.3 is 10.5 Å². The highest BCUT2D eigenvalue weighted by Gasteiger charge is 2.40. The van der Waals surface area contributed by atoms with Crippen LogP contribution in [0.1, 0.15) is 56.7 Å². The summed E-state index contributed by atoms with van der Waals surface area (Å²) in [6, 6.07) is 2.73. The van der Waals surface area contributed by atoms with Crippen LogP contribution in [0.4, 0.5) is 4.39 Å². The van der Waals surface area contributed by atoms with Crippen LogP contribution in [0.3, 0.4) is 0 Å². The number of rotatable bonds is 2. The van der Waals surface area contributed by atoms with Crippen molar-refractivity contribution in [3.8, 4) is 0 Å². The van der Waals surface area contributed by atoms with Gasteiger partial charge in [-0.2, -0.15) is 0 Å². The first-order chi connectivity index (χ1) is 9.70. The highest BCUT2D eigenvalue weighted by atomic mass is 19.1. The van der Waals surface area contributed by atoms with Crippen molar-refractivity contribution < 1.29 is 9.13 Å². The van der Waals surface area contributed by atoms with Crippen molar-refractivity contribution in [1.29, 1.82) is 0 Å². The van der Waals surface area contributed by atoms with Crippen LogP contribution < -0.4 is 5.73 Å². The average molecular weight is 278 g/mol. The van der Waals surface area contributed by atoms with Crippen LogP contribution in [0.15, 0.2) is 18.3 Å². The topological polar surface area (TPSA) is 48.1 Å². The number of hydrogen-bond donors (Lipinski definition) is 1. The van der Waals surface area contributed by atoms with E-state index in [9.17, 15) is 4.39 Å². The normalized spacial score (nSPS) is 27.4. The second-order valence-electron chi connectivity index (χ2n) is 6.24. The van der Waals surface area contributed by atoms with Gasteiger partial charge in [0.15, 0.2) is 0 Å². The lowest BCUT2D eigenvalue weighted by Gasteiger charge is -2.44. The molecule has 0 radical (unpaired) electrons. The molecule has 2 unspecified atom stereocenters. The molecule has 2 aliphatic rings. The van der Waals surface area contributed by atoms with Gasteiger partial charge in [-0.3, -0.25) is 4.98 Å². The fourth-order valence-electron chi connectivity index (χ4n) is 3.78. The van der Waals surface area contributed by atoms with Crippen LogP contribution in [0.2, 0.25) is 0 Å². The zero-order valence-electron chi connectivity index (χ0n) is 11.9. The number of aromatic nitrogens is 1. The Bertz CT molecular complexity index is 454. The third-order valence-corrected chi connectivity index (χ3v) is 4.91. The van der Waals surface area contributed by atoms with E-state index in [1.165, 1.54) is 25.3 Å². The van der Waals surface area contributed by atoms with E-state index in [-0.39, 0.29) is 23.4 Å². The first kappa shape index (κ1) is 14.0. The average Bonchev–Trinajstić information content (AvgIpc) is 2.48. The minimum Gasteiger partial charge on any atom is -0.375 e. The van der Waals surface area contributed by atoms with Crippen LogP contribution in [0, 0.1) is 11.7 Å². The Morgan fingerprint density at radius 2 is 2.15 bits per heavy atom. The van der Waals surface area contributed by atoms with Crippen LogP contribution in [0.25, 0.3) is 0 Å². The summed E-state index contributed by atoms with van der Waals surface area (Å²) in [6.45, 7) is 0.743. The molecule has 0 aromatic carbocycles. The van der Waals surface area contributed by atoms with E-state index in [1.807, 2.05) is 0 Å². The maximum Gasteiger partial charge on any atom is 0.146 e. The molecule has 1 aromatic heterocycles. The van der Waals surface area contributed by atoms with Gasteiger partial charge >= 0.3 is 0 Å². The van der Waals surface area contributed by atoms with Gasteiger partial charge in [0.2, 0.25) is 0 Å². The van der Waals surface area contributed by atoms with E-state index >= 15 is 0 Å². The molecule has 1 aliphatic heterocycles. The Kier molecular flexibility index (Phi) is 4.03. The van der Waals surface area contributed by atoms with Crippen molar-refractivity contribution in [3.05, 3.63) is 29.8 Å². The van der Waals surface area contributed by atoms with E-state index in [0.29, 0.717) is 5.69 Å². The maximum atomic E-state index is 13.9. The van der Waals surface area contributed by atoms with Gasteiger partial charge in [-0.15, -0.1) is 0 Å². The van der Waals surface area contributed by atoms with Gasteiger partial charge in [0, 0.05) is 12.8 Å². The predicted molar refractivity (Wildman–Crippen MR) is 75.6 cm³/mol. The lowest BCUT2D eigenvalue weighted by Crippen LogP contribution is -2.44. The van der Waals surface area contributed by atoms with Crippen molar-refractivity contribution in [2.24, 2.45) is 11.7 Å². The van der Waals surface area contributed by atoms with Gasteiger partial charge in [-0.05, 0) is 43.7 Å². The molecule has 2 N–H and O–H groups in total. The molecule has 0 bridgehead atoms. The van der Waals surface area contributed by atoms with Crippen LogP contribution in [-0.2, 0) is 4.74 Å². The molecule has 3 rings (SSSR count). The van der Waals surface area contributed by atoms with Crippen molar-refractivity contribution >= 4 is 0 Å². The summed E-state index contributed by atoms with van der Waals surface area (Å²) in [5.74, 6) is -0.0181. The van der Waals surface area contributed by atoms with E-state index in [4.69, 9.17) is 10.5 Å². The Labute approximate surface area is 119 Å². The number of halogens is 1. The van der Waals surface area contributed by atoms with Gasteiger partial charge in [0.05, 0.1) is 17.3 Å². The second kappa shape index (κ2) is 5.78. The largest absolute Gasteiger partial charge is 0.375 e. The summed E-state index contributed by atoms with van der Waals surface area (Å²) < 4.78 is 19.9. The molecule has 3 nitrogen and oxygen atoms in total. The van der Waals surface area contributed by atoms with Crippen LogP contribution in [-0.4, -0.2) is 17.2 Å². The Balaban J connectivity index is 1.75. The van der Waals surface area contributed by atoms with Crippen LogP contribution in [0.5, 0.6) is 0 Å². The SMILES string of the molecule is NC(c1ncccc1F)C1CCOC2(CCCCC2)C1. The summed E-state index contributed by atoms with van der Waals surface area (Å²) in [5, 5.41) is 0. The highest BCUT2D eigenvalue weighted by Crippen LogP contribution is 2.43. The molecule has 20 heavy (non-hydrogen) atoms. The van der Waals surface area contributed by atoms with Gasteiger partial charge in [-0.25, -0.2) is 4.39 Å². The molecule has 1 saturated carbocycles. The summed E-state index contributed by atoms with van der Waals surface area (Å²) in [4.78, 5) is 4.15. The van der Waals surface area contributed by atoms with Crippen molar-refractivity contribution in [3.63, 3.8) is 0 Å². The summed E-state index contributed by atoms with van der Waals surface area (Å²) in [5.41, 5.74) is 6.71. The number of nitrogens with two attached hydrogens (primary N) is 1. The number of pyridine rings is 1. The maximum absolute atomic E-state index is 13.9. The molecule has 1 aromatic rings. The molecule has 4 heteroatoms. The molecule has 2 fully saturated rings. The zero-order valence-corrected chi connectivity index (χ0v) is 11.9. The molecule has 1 saturated heterocycles. The molecule has 1 aliphatic carbocycles. The molecule has 110 valence electrons. The van der Waals surface area contributed by atoms with E-state index < -0.39 is 0 Å². The van der Waals surface area contributed by atoms with Gasteiger partial charge in [0.1, 0.15) is 5.82 Å². The van der Waals surface area contributed by atoms with E-state index in [1.54, 1.807) is 12.3 Å². The third-order valence-electron chi connectivity index (χ3n) is 4.91. The molecule has 2 heterocycles. The summed E-state index contributed by atoms with van der Waals surface area (Å²) in [7, 11) is 0. The number of nitrogens with zero attached hydrogens (tertiary/aromatic N) is 1. The summed E-state index contributed by atoms with van der Waals surface area (Å²) in [6.07, 6.45) is 9.50. The fraction of sp³-hybridized carbons (Fsp3) is 0.688. The first-order valence-corrected chi connectivity index (χ1v) is 7.70. The first-order valence-electron chi connectivity index (χ1n) is 7.70. The second-order valence-corrected chi connectivity index (χ2v) is 6.24. The number of ether oxygens (including phenoxy) is 1. The Hall–Kier alpha value is -1.00. The standard InChI is InChI=1S/C16H23FN2O/c17-13-5-4-9-19-15(13)14(18)12-6-10-20-16(11-12)7-2-1-3-8-16/h4-5,9,12,14H,1-3,6-8,10-11,18H2. The monoisotopic (exact) mass is 278 g/mol. The quantitative estimate of drug-likeness (QED) is 0.902. The minimum atomic E-state index is -0.320. The zero-order chi connectivity index (χ0) is 14.0. The fourth-order valence-corrected chi connectivity index (χ4v) is 3.78. The molecular weight excluding hydrogens is 255 g/mol. The van der Waals surface area contributed by atoms with Crippen molar-refractivity contribution in [2.45, 2.75) is 56.6 Å². The highest BCUT2D eigenvalue weighted by molar-refractivity contribution is 5.13. The number of hydrogen-bond acceptors (Lipinski definition) is 3. The summed E-state index contributed by atoms with van der Waals surface area (Å²) >= 11 is 0. The van der Waals surface area contributed by atoms with E-state index in [0.717, 1.165) is 32.3 Å². The smallest absolute Gasteiger partial charge is 0.146 e. The third kappa shape index (κ3) is 2.72. The molecule has 2 atom stereocenters. The van der Waals surface area contributed by atoms with Gasteiger partial charge in [0.25, 0.3) is 0 Å². The molecule has 0 amide bonds. The van der Waals surface area contributed by atoms with Crippen molar-refractivity contribution in [2.75, 3.05) is 6.61 Å². The molecule has 1 spiro atoms. The predicted octanol–water partition coefficient (Wildman–Crippen LogP) is 3.35. The Morgan fingerprint density at radius 3 is 2.90 bits per heavy atom. The lowest BCUT2D eigenvalue weighted by atomic mass is 9.73. The Morgan fingerprint density at radius 1 is 1.35 bits per heavy atom.